The Labute approximate surface area is 177 Å². The summed E-state index contributed by atoms with van der Waals surface area (Å²) in [7, 11) is 0. The first-order valence-electron chi connectivity index (χ1n) is 9.38. The third-order valence-electron chi connectivity index (χ3n) is 5.12. The molecule has 152 valence electrons. The number of amides is 1. The minimum atomic E-state index is -0.560. The molecule has 1 fully saturated rings. The number of nitrogens with zero attached hydrogens (tertiary/aromatic N) is 4. The smallest absolute Gasteiger partial charge is 0.220 e. The predicted octanol–water partition coefficient (Wildman–Crippen LogP) is 4.42. The number of nitrogens with one attached hydrogen (secondary N) is 1. The number of fused-ring (bicyclic) bond motifs is 1. The average Bonchev–Trinajstić information content (AvgIpc) is 3.08. The number of aromatic nitrogens is 3. The summed E-state index contributed by atoms with van der Waals surface area (Å²) in [5.41, 5.74) is 1.91. The lowest BCUT2D eigenvalue weighted by molar-refractivity contribution is -0.132. The van der Waals surface area contributed by atoms with Crippen LogP contribution in [0.15, 0.2) is 30.3 Å². The molecule has 2 aromatic heterocycles. The molecule has 0 radical (unpaired) electrons. The first-order chi connectivity index (χ1) is 13.9. The van der Waals surface area contributed by atoms with Crippen molar-refractivity contribution in [1.82, 2.24) is 19.9 Å². The van der Waals surface area contributed by atoms with Crippen LogP contribution in [0.25, 0.3) is 11.2 Å². The fourth-order valence-electron chi connectivity index (χ4n) is 3.80. The SMILES string of the molecule is CC(=O)N(Cc1cc(Cl)cc(Cl)c1)C1CCCN(c2nc3nc(F)ccc3[nH]2)C1. The molecule has 1 aromatic carbocycles. The fraction of sp³-hybridized carbons (Fsp3) is 0.350. The molecule has 1 atom stereocenters. The maximum absolute atomic E-state index is 13.4. The van der Waals surface area contributed by atoms with E-state index in [4.69, 9.17) is 23.2 Å². The van der Waals surface area contributed by atoms with Gasteiger partial charge in [-0.15, -0.1) is 0 Å². The van der Waals surface area contributed by atoms with Crippen molar-refractivity contribution in [2.75, 3.05) is 18.0 Å². The summed E-state index contributed by atoms with van der Waals surface area (Å²) in [4.78, 5) is 27.8. The van der Waals surface area contributed by atoms with Gasteiger partial charge in [0.25, 0.3) is 0 Å². The van der Waals surface area contributed by atoms with Crippen molar-refractivity contribution < 1.29 is 9.18 Å². The van der Waals surface area contributed by atoms with Crippen molar-refractivity contribution in [3.63, 3.8) is 0 Å². The van der Waals surface area contributed by atoms with E-state index in [0.29, 0.717) is 40.2 Å². The van der Waals surface area contributed by atoms with Gasteiger partial charge in [0.15, 0.2) is 5.65 Å². The van der Waals surface area contributed by atoms with Gasteiger partial charge in [-0.2, -0.15) is 14.4 Å². The van der Waals surface area contributed by atoms with E-state index in [1.165, 1.54) is 6.07 Å². The lowest BCUT2D eigenvalue weighted by Gasteiger charge is -2.39. The minimum absolute atomic E-state index is 0.0110. The number of hydrogen-bond acceptors (Lipinski definition) is 4. The van der Waals surface area contributed by atoms with Crippen LogP contribution in [0.5, 0.6) is 0 Å². The molecule has 1 aliphatic heterocycles. The molecule has 9 heteroatoms. The predicted molar refractivity (Wildman–Crippen MR) is 112 cm³/mol. The molecule has 1 N–H and O–H groups in total. The number of H-pyrrole nitrogens is 1. The van der Waals surface area contributed by atoms with Gasteiger partial charge < -0.3 is 14.8 Å². The van der Waals surface area contributed by atoms with Crippen LogP contribution >= 0.6 is 23.2 Å². The number of carbonyl (C=O) groups is 1. The first kappa shape index (κ1) is 19.9. The second kappa shape index (κ2) is 8.16. The lowest BCUT2D eigenvalue weighted by Crippen LogP contribution is -2.49. The molecule has 6 nitrogen and oxygen atoms in total. The standard InChI is InChI=1S/C20H20Cl2FN5O/c1-12(29)28(10-13-7-14(21)9-15(22)8-13)16-3-2-6-27(11-16)20-24-17-4-5-18(23)25-19(17)26-20/h4-5,7-9,16H,2-3,6,10-11H2,1H3,(H,24,25,26). The monoisotopic (exact) mass is 435 g/mol. The normalized spacial score (nSPS) is 17.0. The van der Waals surface area contributed by atoms with E-state index in [1.807, 2.05) is 17.0 Å². The van der Waals surface area contributed by atoms with Gasteiger partial charge in [0.1, 0.15) is 0 Å². The summed E-state index contributed by atoms with van der Waals surface area (Å²) in [6, 6.07) is 8.26. The highest BCUT2D eigenvalue weighted by Crippen LogP contribution is 2.25. The van der Waals surface area contributed by atoms with Crippen LogP contribution in [0, 0.1) is 5.95 Å². The first-order valence-corrected chi connectivity index (χ1v) is 10.1. The molecule has 4 rings (SSSR count). The van der Waals surface area contributed by atoms with E-state index < -0.39 is 5.95 Å². The van der Waals surface area contributed by atoms with Gasteiger partial charge in [0.2, 0.25) is 17.8 Å². The molecule has 1 aliphatic rings. The summed E-state index contributed by atoms with van der Waals surface area (Å²) in [5, 5.41) is 1.09. The maximum atomic E-state index is 13.4. The number of aromatic amines is 1. The van der Waals surface area contributed by atoms with E-state index in [0.717, 1.165) is 24.9 Å². The van der Waals surface area contributed by atoms with Crippen molar-refractivity contribution in [2.24, 2.45) is 0 Å². The molecule has 1 amide bonds. The van der Waals surface area contributed by atoms with E-state index in [9.17, 15) is 9.18 Å². The Kier molecular flexibility index (Phi) is 5.61. The number of pyridine rings is 1. The van der Waals surface area contributed by atoms with Gasteiger partial charge in [-0.05, 0) is 48.7 Å². The van der Waals surface area contributed by atoms with E-state index >= 15 is 0 Å². The highest BCUT2D eigenvalue weighted by Gasteiger charge is 2.28. The molecular weight excluding hydrogens is 416 g/mol. The van der Waals surface area contributed by atoms with Gasteiger partial charge >= 0.3 is 0 Å². The number of rotatable bonds is 4. The quantitative estimate of drug-likeness (QED) is 0.615. The second-order valence-electron chi connectivity index (χ2n) is 7.23. The third-order valence-corrected chi connectivity index (χ3v) is 5.55. The van der Waals surface area contributed by atoms with Crippen molar-refractivity contribution >= 4 is 46.2 Å². The molecule has 29 heavy (non-hydrogen) atoms. The van der Waals surface area contributed by atoms with Crippen LogP contribution < -0.4 is 4.90 Å². The van der Waals surface area contributed by atoms with Crippen molar-refractivity contribution in [1.29, 1.82) is 0 Å². The Morgan fingerprint density at radius 2 is 2.03 bits per heavy atom. The number of hydrogen-bond donors (Lipinski definition) is 1. The molecule has 0 bridgehead atoms. The van der Waals surface area contributed by atoms with E-state index in [1.54, 1.807) is 19.1 Å². The largest absolute Gasteiger partial charge is 0.340 e. The molecule has 1 saturated heterocycles. The van der Waals surface area contributed by atoms with Gasteiger partial charge in [-0.3, -0.25) is 4.79 Å². The number of anilines is 1. The second-order valence-corrected chi connectivity index (χ2v) is 8.11. The Balaban J connectivity index is 1.55. The minimum Gasteiger partial charge on any atom is -0.340 e. The lowest BCUT2D eigenvalue weighted by atomic mass is 10.0. The van der Waals surface area contributed by atoms with Crippen LogP contribution in [-0.2, 0) is 11.3 Å². The van der Waals surface area contributed by atoms with Crippen LogP contribution in [0.1, 0.15) is 25.3 Å². The average molecular weight is 436 g/mol. The van der Waals surface area contributed by atoms with Gasteiger partial charge in [0.05, 0.1) is 5.52 Å². The van der Waals surface area contributed by atoms with Crippen LogP contribution in [0.3, 0.4) is 0 Å². The number of imidazole rings is 1. The van der Waals surface area contributed by atoms with Crippen LogP contribution in [0.4, 0.5) is 10.3 Å². The van der Waals surface area contributed by atoms with Crippen molar-refractivity contribution in [3.05, 3.63) is 51.9 Å². The number of piperidine rings is 1. The summed E-state index contributed by atoms with van der Waals surface area (Å²) >= 11 is 12.2. The Morgan fingerprint density at radius 3 is 2.76 bits per heavy atom. The Hall–Kier alpha value is -2.38. The molecule has 3 heterocycles. The van der Waals surface area contributed by atoms with Crippen molar-refractivity contribution in [3.8, 4) is 0 Å². The van der Waals surface area contributed by atoms with Crippen LogP contribution in [0.2, 0.25) is 10.0 Å². The zero-order valence-electron chi connectivity index (χ0n) is 15.8. The van der Waals surface area contributed by atoms with Crippen LogP contribution in [-0.4, -0.2) is 44.9 Å². The Bertz CT molecular complexity index is 1040. The third kappa shape index (κ3) is 4.46. The highest BCUT2D eigenvalue weighted by molar-refractivity contribution is 6.34. The molecule has 0 spiro atoms. The highest BCUT2D eigenvalue weighted by atomic mass is 35.5. The summed E-state index contributed by atoms with van der Waals surface area (Å²) < 4.78 is 13.4. The summed E-state index contributed by atoms with van der Waals surface area (Å²) in [6.07, 6.45) is 1.79. The molecular formula is C20H20Cl2FN5O. The number of benzene rings is 1. The topological polar surface area (TPSA) is 65.1 Å². The van der Waals surface area contributed by atoms with E-state index in [-0.39, 0.29) is 11.9 Å². The molecule has 3 aromatic rings. The maximum Gasteiger partial charge on any atom is 0.220 e. The molecule has 0 saturated carbocycles. The summed E-state index contributed by atoms with van der Waals surface area (Å²) in [5.74, 6) is 0.0633. The fourth-order valence-corrected chi connectivity index (χ4v) is 4.38. The van der Waals surface area contributed by atoms with E-state index in [2.05, 4.69) is 19.9 Å². The van der Waals surface area contributed by atoms with Gasteiger partial charge in [-0.25, -0.2) is 0 Å². The van der Waals surface area contributed by atoms with Crippen molar-refractivity contribution in [2.45, 2.75) is 32.4 Å². The number of carbonyl (C=O) groups excluding carboxylic acids is 1. The van der Waals surface area contributed by atoms with Gasteiger partial charge in [0, 0.05) is 42.6 Å². The zero-order valence-corrected chi connectivity index (χ0v) is 17.3. The summed E-state index contributed by atoms with van der Waals surface area (Å²) in [6.45, 7) is 3.42. The molecule has 0 aliphatic carbocycles. The number of halogens is 3. The molecule has 1 unspecified atom stereocenters. The zero-order chi connectivity index (χ0) is 20.5. The Morgan fingerprint density at radius 1 is 1.28 bits per heavy atom. The van der Waals surface area contributed by atoms with Gasteiger partial charge in [-0.1, -0.05) is 23.2 Å².